The van der Waals surface area contributed by atoms with E-state index in [9.17, 15) is 4.79 Å². The van der Waals surface area contributed by atoms with Crippen LogP contribution in [0.4, 0.5) is 0 Å². The zero-order valence-corrected chi connectivity index (χ0v) is 16.2. The summed E-state index contributed by atoms with van der Waals surface area (Å²) in [6.45, 7) is 12.4. The quantitative estimate of drug-likeness (QED) is 0.678. The zero-order valence-electron chi connectivity index (χ0n) is 16.2. The van der Waals surface area contributed by atoms with Gasteiger partial charge in [-0.15, -0.1) is 0 Å². The van der Waals surface area contributed by atoms with Crippen LogP contribution in [0.3, 0.4) is 0 Å². The fraction of sp³-hybridized carbons (Fsp3) is 0.571. The number of rotatable bonds is 8. The largest absolute Gasteiger partial charge is 0.492 e. The molecule has 1 fully saturated rings. The van der Waals surface area contributed by atoms with Crippen LogP contribution in [-0.4, -0.2) is 55.2 Å². The Kier molecular flexibility index (Phi) is 6.33. The normalized spacial score (nSPS) is 18.1. The number of likely N-dealkylation sites (tertiary alicyclic amines) is 1. The van der Waals surface area contributed by atoms with E-state index >= 15 is 0 Å². The Morgan fingerprint density at radius 2 is 2.15 bits per heavy atom. The van der Waals surface area contributed by atoms with E-state index in [0.717, 1.165) is 42.9 Å². The third-order valence-electron chi connectivity index (χ3n) is 5.42. The van der Waals surface area contributed by atoms with Crippen LogP contribution in [0, 0.1) is 6.92 Å². The van der Waals surface area contributed by atoms with E-state index in [2.05, 4.69) is 23.6 Å². The molecule has 0 aliphatic carbocycles. The molecule has 0 amide bonds. The second kappa shape index (κ2) is 8.69. The molecule has 1 aliphatic heterocycles. The van der Waals surface area contributed by atoms with Crippen molar-refractivity contribution < 1.29 is 9.15 Å². The summed E-state index contributed by atoms with van der Waals surface area (Å²) in [5, 5.41) is 0.952. The Labute approximate surface area is 155 Å². The lowest BCUT2D eigenvalue weighted by molar-refractivity contribution is 0.160. The Morgan fingerprint density at radius 3 is 2.92 bits per heavy atom. The highest BCUT2D eigenvalue weighted by Gasteiger charge is 2.24. The van der Waals surface area contributed by atoms with Crippen molar-refractivity contribution in [2.24, 2.45) is 0 Å². The summed E-state index contributed by atoms with van der Waals surface area (Å²) in [5.41, 5.74) is 1.20. The lowest BCUT2D eigenvalue weighted by atomic mass is 10.1. The molecule has 3 rings (SSSR count). The van der Waals surface area contributed by atoms with E-state index in [0.29, 0.717) is 18.2 Å². The molecule has 2 heterocycles. The Balaban J connectivity index is 1.56. The van der Waals surface area contributed by atoms with Crippen LogP contribution in [0.5, 0.6) is 5.75 Å². The van der Waals surface area contributed by atoms with Gasteiger partial charge in [0.1, 0.15) is 17.9 Å². The molecule has 2 aromatic rings. The van der Waals surface area contributed by atoms with Crippen molar-refractivity contribution in [1.29, 1.82) is 0 Å². The van der Waals surface area contributed by atoms with Gasteiger partial charge in [0.15, 0.2) is 0 Å². The topological polar surface area (TPSA) is 45.9 Å². The summed E-state index contributed by atoms with van der Waals surface area (Å²) in [7, 11) is 0. The fourth-order valence-electron chi connectivity index (χ4n) is 3.88. The van der Waals surface area contributed by atoms with Gasteiger partial charge in [-0.05, 0) is 57.1 Å². The zero-order chi connectivity index (χ0) is 18.5. The van der Waals surface area contributed by atoms with Crippen LogP contribution >= 0.6 is 0 Å². The van der Waals surface area contributed by atoms with Crippen molar-refractivity contribution >= 4 is 11.0 Å². The molecule has 0 radical (unpaired) electrons. The number of hydrogen-bond donors (Lipinski definition) is 0. The van der Waals surface area contributed by atoms with Gasteiger partial charge in [-0.1, -0.05) is 13.8 Å². The summed E-state index contributed by atoms with van der Waals surface area (Å²) >= 11 is 0. The molecule has 0 N–H and O–H groups in total. The average Bonchev–Trinajstić information content (AvgIpc) is 3.07. The molecule has 26 heavy (non-hydrogen) atoms. The minimum Gasteiger partial charge on any atom is -0.492 e. The second-order valence-corrected chi connectivity index (χ2v) is 7.07. The molecule has 5 nitrogen and oxygen atoms in total. The van der Waals surface area contributed by atoms with Gasteiger partial charge in [0.2, 0.25) is 0 Å². The number of aryl methyl sites for hydroxylation is 1. The first-order valence-electron chi connectivity index (χ1n) is 9.74. The van der Waals surface area contributed by atoms with Gasteiger partial charge >= 0.3 is 5.63 Å². The van der Waals surface area contributed by atoms with Crippen LogP contribution in [0.1, 0.15) is 32.3 Å². The average molecular weight is 358 g/mol. The van der Waals surface area contributed by atoms with Crippen LogP contribution in [0.2, 0.25) is 0 Å². The molecular weight excluding hydrogens is 328 g/mol. The molecule has 1 aromatic carbocycles. The number of hydrogen-bond acceptors (Lipinski definition) is 5. The van der Waals surface area contributed by atoms with Crippen LogP contribution in [0.15, 0.2) is 33.5 Å². The van der Waals surface area contributed by atoms with E-state index in [1.165, 1.54) is 25.5 Å². The second-order valence-electron chi connectivity index (χ2n) is 7.07. The number of ether oxygens (including phenoxy) is 1. The molecule has 1 saturated heterocycles. The molecule has 5 heteroatoms. The number of benzene rings is 1. The number of nitrogens with zero attached hydrogens (tertiary/aromatic N) is 2. The molecule has 0 unspecified atom stereocenters. The van der Waals surface area contributed by atoms with Crippen LogP contribution in [-0.2, 0) is 0 Å². The first-order chi connectivity index (χ1) is 12.6. The minimum atomic E-state index is -0.318. The van der Waals surface area contributed by atoms with Crippen molar-refractivity contribution in [2.75, 3.05) is 39.3 Å². The van der Waals surface area contributed by atoms with Gasteiger partial charge in [-0.2, -0.15) is 0 Å². The van der Waals surface area contributed by atoms with Crippen molar-refractivity contribution in [3.63, 3.8) is 0 Å². The van der Waals surface area contributed by atoms with Gasteiger partial charge in [0.05, 0.1) is 0 Å². The first kappa shape index (κ1) is 18.9. The van der Waals surface area contributed by atoms with Gasteiger partial charge in [-0.25, -0.2) is 4.79 Å². The lowest BCUT2D eigenvalue weighted by Gasteiger charge is -2.29. The predicted octanol–water partition coefficient (Wildman–Crippen LogP) is 3.29. The van der Waals surface area contributed by atoms with Gasteiger partial charge < -0.3 is 9.15 Å². The van der Waals surface area contributed by atoms with Crippen LogP contribution < -0.4 is 10.4 Å². The molecule has 0 saturated carbocycles. The molecule has 0 bridgehead atoms. The van der Waals surface area contributed by atoms with Crippen molar-refractivity contribution in [2.45, 2.75) is 39.7 Å². The third kappa shape index (κ3) is 4.46. The van der Waals surface area contributed by atoms with E-state index < -0.39 is 0 Å². The van der Waals surface area contributed by atoms with Crippen molar-refractivity contribution in [3.05, 3.63) is 40.2 Å². The van der Waals surface area contributed by atoms with Crippen molar-refractivity contribution in [1.82, 2.24) is 9.80 Å². The molecule has 1 atom stereocenters. The van der Waals surface area contributed by atoms with E-state index in [1.807, 2.05) is 25.1 Å². The molecule has 0 spiro atoms. The summed E-state index contributed by atoms with van der Waals surface area (Å²) in [6, 6.07) is 7.91. The molecule has 1 aliphatic rings. The van der Waals surface area contributed by atoms with Gasteiger partial charge in [-0.3, -0.25) is 9.80 Å². The molecule has 142 valence electrons. The van der Waals surface area contributed by atoms with Crippen LogP contribution in [0.25, 0.3) is 11.0 Å². The standard InChI is InChI=1S/C21H30N2O3/c1-4-22(15-17-7-6-10-23(17)5-2)11-12-25-18-8-9-19-16(3)13-21(24)26-20(19)14-18/h8-9,13-14,17H,4-7,10-12,15H2,1-3H3/t17-/m0/s1. The summed E-state index contributed by atoms with van der Waals surface area (Å²) < 4.78 is 11.2. The lowest BCUT2D eigenvalue weighted by Crippen LogP contribution is -2.41. The smallest absolute Gasteiger partial charge is 0.336 e. The maximum absolute atomic E-state index is 11.6. The summed E-state index contributed by atoms with van der Waals surface area (Å²) in [5.74, 6) is 0.748. The van der Waals surface area contributed by atoms with Gasteiger partial charge in [0.25, 0.3) is 0 Å². The Hall–Kier alpha value is -1.85. The van der Waals surface area contributed by atoms with E-state index in [-0.39, 0.29) is 5.63 Å². The highest BCUT2D eigenvalue weighted by molar-refractivity contribution is 5.81. The predicted molar refractivity (Wildman–Crippen MR) is 105 cm³/mol. The maximum atomic E-state index is 11.6. The summed E-state index contributed by atoms with van der Waals surface area (Å²) in [4.78, 5) is 16.6. The van der Waals surface area contributed by atoms with Gasteiger partial charge in [0, 0.05) is 36.7 Å². The summed E-state index contributed by atoms with van der Waals surface area (Å²) in [6.07, 6.45) is 2.61. The fourth-order valence-corrected chi connectivity index (χ4v) is 3.88. The molecule has 1 aromatic heterocycles. The number of fused-ring (bicyclic) bond motifs is 1. The van der Waals surface area contributed by atoms with E-state index in [1.54, 1.807) is 0 Å². The van der Waals surface area contributed by atoms with Crippen molar-refractivity contribution in [3.8, 4) is 5.75 Å². The number of likely N-dealkylation sites (N-methyl/N-ethyl adjacent to an activating group) is 2. The first-order valence-corrected chi connectivity index (χ1v) is 9.74. The monoisotopic (exact) mass is 358 g/mol. The third-order valence-corrected chi connectivity index (χ3v) is 5.42. The SMILES string of the molecule is CCN(CCOc1ccc2c(C)cc(=O)oc2c1)C[C@@H]1CCCN1CC. The highest BCUT2D eigenvalue weighted by atomic mass is 16.5. The Morgan fingerprint density at radius 1 is 1.31 bits per heavy atom. The molecular formula is C21H30N2O3. The highest BCUT2D eigenvalue weighted by Crippen LogP contribution is 2.22. The Bertz CT molecular complexity index is 786. The minimum absolute atomic E-state index is 0.318. The van der Waals surface area contributed by atoms with E-state index in [4.69, 9.17) is 9.15 Å². The maximum Gasteiger partial charge on any atom is 0.336 e.